The van der Waals surface area contributed by atoms with Gasteiger partial charge in [-0.25, -0.2) is 8.42 Å². The smallest absolute Gasteiger partial charge is 0.165 e. The molecule has 7 heteroatoms. The summed E-state index contributed by atoms with van der Waals surface area (Å²) in [4.78, 5) is 12.6. The maximum absolute atomic E-state index is 12.8. The molecule has 0 unspecified atom stereocenters. The Morgan fingerprint density at radius 3 is 2.42 bits per heavy atom. The van der Waals surface area contributed by atoms with E-state index in [2.05, 4.69) is 5.16 Å². The van der Waals surface area contributed by atoms with Crippen molar-refractivity contribution in [3.05, 3.63) is 17.5 Å². The van der Waals surface area contributed by atoms with Crippen molar-refractivity contribution in [3.63, 3.8) is 0 Å². The van der Waals surface area contributed by atoms with Gasteiger partial charge in [-0.15, -0.1) is 0 Å². The minimum absolute atomic E-state index is 0.103. The molecule has 0 bridgehead atoms. The summed E-state index contributed by atoms with van der Waals surface area (Å²) in [6.45, 7) is 6.49. The van der Waals surface area contributed by atoms with Gasteiger partial charge in [0.05, 0.1) is 24.0 Å². The fourth-order valence-electron chi connectivity index (χ4n) is 2.94. The second-order valence-corrected chi connectivity index (χ2v) is 10.6. The van der Waals surface area contributed by atoms with Crippen LogP contribution in [0.1, 0.15) is 64.8 Å². The van der Waals surface area contributed by atoms with Crippen LogP contribution in [0.2, 0.25) is 0 Å². The summed E-state index contributed by atoms with van der Waals surface area (Å²) in [5, 5.41) is 12.8. The van der Waals surface area contributed by atoms with Crippen LogP contribution in [0.15, 0.2) is 10.6 Å². The molecule has 2 rings (SSSR count). The van der Waals surface area contributed by atoms with E-state index < -0.39 is 25.2 Å². The number of nitrogens with zero attached hydrogens (tertiary/aromatic N) is 1. The Morgan fingerprint density at radius 1 is 1.29 bits per heavy atom. The van der Waals surface area contributed by atoms with Crippen LogP contribution >= 0.6 is 0 Å². The topological polar surface area (TPSA) is 97.5 Å². The Hall–Kier alpha value is -1.21. The number of hydrogen-bond acceptors (Lipinski definition) is 6. The first kappa shape index (κ1) is 19.1. The normalized spacial score (nSPS) is 17.4. The number of carbonyl (C=O) groups excluding carboxylic acids is 1. The van der Waals surface area contributed by atoms with E-state index in [9.17, 15) is 18.3 Å². The van der Waals surface area contributed by atoms with E-state index in [1.165, 1.54) is 13.8 Å². The Labute approximate surface area is 143 Å². The van der Waals surface area contributed by atoms with Crippen LogP contribution in [-0.2, 0) is 26.5 Å². The fraction of sp³-hybridized carbons (Fsp3) is 0.765. The minimum Gasteiger partial charge on any atom is -0.395 e. The maximum Gasteiger partial charge on any atom is 0.165 e. The molecule has 1 aromatic rings. The standard InChI is InChI=1S/C17H27NO5S/c1-16(2,11-19)14-9-12(23-18-14)10-15(20)17(3,4)24(21,22)13-7-5-6-8-13/h9,13,19H,5-8,10-11H2,1-4H3. The lowest BCUT2D eigenvalue weighted by atomic mass is 9.90. The zero-order chi connectivity index (χ0) is 18.2. The third-order valence-electron chi connectivity index (χ3n) is 5.11. The van der Waals surface area contributed by atoms with Gasteiger partial charge in [0.2, 0.25) is 0 Å². The van der Waals surface area contributed by atoms with E-state index in [4.69, 9.17) is 4.52 Å². The molecule has 6 nitrogen and oxygen atoms in total. The third kappa shape index (κ3) is 3.42. The molecule has 0 radical (unpaired) electrons. The lowest BCUT2D eigenvalue weighted by molar-refractivity contribution is -0.120. The first-order chi connectivity index (χ1) is 11.0. The van der Waals surface area contributed by atoms with E-state index in [0.29, 0.717) is 24.3 Å². The van der Waals surface area contributed by atoms with Crippen molar-refractivity contribution in [3.8, 4) is 0 Å². The lowest BCUT2D eigenvalue weighted by Gasteiger charge is -2.26. The van der Waals surface area contributed by atoms with Crippen molar-refractivity contribution in [2.75, 3.05) is 6.61 Å². The number of aromatic nitrogens is 1. The fourth-order valence-corrected chi connectivity index (χ4v) is 5.12. The second kappa shape index (κ2) is 6.59. The summed E-state index contributed by atoms with van der Waals surface area (Å²) in [7, 11) is -3.54. The SMILES string of the molecule is CC(C)(CO)c1cc(CC(=O)C(C)(C)S(=O)(=O)C2CCCC2)on1. The average Bonchev–Trinajstić information content (AvgIpc) is 3.18. The van der Waals surface area contributed by atoms with Crippen molar-refractivity contribution in [2.24, 2.45) is 0 Å². The van der Waals surface area contributed by atoms with Gasteiger partial charge in [0.25, 0.3) is 0 Å². The van der Waals surface area contributed by atoms with E-state index >= 15 is 0 Å². The van der Waals surface area contributed by atoms with E-state index in [0.717, 1.165) is 12.8 Å². The van der Waals surface area contributed by atoms with Gasteiger partial charge in [0.1, 0.15) is 10.5 Å². The Morgan fingerprint density at radius 2 is 1.88 bits per heavy atom. The summed E-state index contributed by atoms with van der Waals surface area (Å²) in [6, 6.07) is 1.62. The van der Waals surface area contributed by atoms with Gasteiger partial charge < -0.3 is 9.63 Å². The average molecular weight is 357 g/mol. The molecule has 0 saturated heterocycles. The molecule has 0 aromatic carbocycles. The zero-order valence-corrected chi connectivity index (χ0v) is 15.6. The molecular weight excluding hydrogens is 330 g/mol. The Kier molecular flexibility index (Phi) is 5.25. The number of sulfone groups is 1. The number of aliphatic hydroxyl groups excluding tert-OH is 1. The lowest BCUT2D eigenvalue weighted by Crippen LogP contribution is -2.46. The van der Waals surface area contributed by atoms with E-state index in [-0.39, 0.29) is 18.8 Å². The molecule has 136 valence electrons. The van der Waals surface area contributed by atoms with Crippen molar-refractivity contribution in [2.45, 2.75) is 75.2 Å². The minimum atomic E-state index is -3.54. The van der Waals surface area contributed by atoms with Gasteiger partial charge in [0.15, 0.2) is 15.6 Å². The highest BCUT2D eigenvalue weighted by molar-refractivity contribution is 7.94. The summed E-state index contributed by atoms with van der Waals surface area (Å²) in [5.74, 6) is -0.0647. The number of Topliss-reactive ketones (excluding diaryl/α,β-unsaturated/α-hetero) is 1. The molecule has 0 amide bonds. The van der Waals surface area contributed by atoms with E-state index in [1.807, 2.05) is 13.8 Å². The molecule has 1 fully saturated rings. The summed E-state index contributed by atoms with van der Waals surface area (Å²) in [6.07, 6.45) is 2.95. The Bertz CT molecular complexity index is 696. The van der Waals surface area contributed by atoms with Gasteiger partial charge in [-0.1, -0.05) is 31.8 Å². The molecule has 1 N–H and O–H groups in total. The van der Waals surface area contributed by atoms with Crippen LogP contribution in [0.5, 0.6) is 0 Å². The van der Waals surface area contributed by atoms with Crippen molar-refractivity contribution >= 4 is 15.6 Å². The first-order valence-electron chi connectivity index (χ1n) is 8.36. The maximum atomic E-state index is 12.8. The van der Waals surface area contributed by atoms with E-state index in [1.54, 1.807) is 6.07 Å². The Balaban J connectivity index is 2.16. The third-order valence-corrected chi connectivity index (χ3v) is 8.11. The van der Waals surface area contributed by atoms with Gasteiger partial charge >= 0.3 is 0 Å². The molecule has 0 atom stereocenters. The van der Waals surface area contributed by atoms with Crippen LogP contribution in [0.3, 0.4) is 0 Å². The predicted octanol–water partition coefficient (Wildman–Crippen LogP) is 2.19. The number of hydrogen-bond donors (Lipinski definition) is 1. The van der Waals surface area contributed by atoms with Crippen LogP contribution in [0.25, 0.3) is 0 Å². The highest BCUT2D eigenvalue weighted by Gasteiger charge is 2.46. The molecule has 1 aromatic heterocycles. The zero-order valence-electron chi connectivity index (χ0n) is 14.8. The molecule has 1 heterocycles. The molecule has 1 aliphatic carbocycles. The molecule has 0 spiro atoms. The van der Waals surface area contributed by atoms with Gasteiger partial charge in [-0.2, -0.15) is 0 Å². The summed E-state index contributed by atoms with van der Waals surface area (Å²) in [5.41, 5.74) is -0.0276. The van der Waals surface area contributed by atoms with Crippen molar-refractivity contribution in [1.82, 2.24) is 5.16 Å². The largest absolute Gasteiger partial charge is 0.395 e. The van der Waals surface area contributed by atoms with Crippen molar-refractivity contribution < 1.29 is 22.8 Å². The number of ketones is 1. The summed E-state index contributed by atoms with van der Waals surface area (Å²) < 4.78 is 29.3. The highest BCUT2D eigenvalue weighted by atomic mass is 32.2. The van der Waals surface area contributed by atoms with Gasteiger partial charge in [-0.05, 0) is 26.7 Å². The highest BCUT2D eigenvalue weighted by Crippen LogP contribution is 2.33. The quantitative estimate of drug-likeness (QED) is 0.803. The molecular formula is C17H27NO5S. The van der Waals surface area contributed by atoms with Crippen LogP contribution in [0.4, 0.5) is 0 Å². The molecule has 1 aliphatic rings. The summed E-state index contributed by atoms with van der Waals surface area (Å²) >= 11 is 0. The molecule has 1 saturated carbocycles. The van der Waals surface area contributed by atoms with Gasteiger partial charge in [-0.3, -0.25) is 4.79 Å². The molecule has 24 heavy (non-hydrogen) atoms. The van der Waals surface area contributed by atoms with Crippen LogP contribution < -0.4 is 0 Å². The monoisotopic (exact) mass is 357 g/mol. The van der Waals surface area contributed by atoms with Gasteiger partial charge in [0, 0.05) is 11.5 Å². The first-order valence-corrected chi connectivity index (χ1v) is 9.90. The molecule has 0 aliphatic heterocycles. The van der Waals surface area contributed by atoms with Crippen LogP contribution in [0, 0.1) is 0 Å². The predicted molar refractivity (Wildman–Crippen MR) is 90.6 cm³/mol. The number of carbonyl (C=O) groups is 1. The second-order valence-electron chi connectivity index (χ2n) is 7.78. The number of aliphatic hydroxyl groups is 1. The van der Waals surface area contributed by atoms with Crippen molar-refractivity contribution in [1.29, 1.82) is 0 Å². The number of rotatable bonds is 7. The van der Waals surface area contributed by atoms with Crippen LogP contribution in [-0.4, -0.2) is 41.1 Å².